The molecule has 4 heteroatoms. The average Bonchev–Trinajstić information content (AvgIpc) is 2.87. The maximum Gasteiger partial charge on any atom is 0.245 e. The lowest BCUT2D eigenvalue weighted by molar-refractivity contribution is -0.127. The van der Waals surface area contributed by atoms with Crippen LogP contribution in [-0.2, 0) is 10.2 Å². The SMILES string of the molecule is C=CC(=O)N1CCC(n2cc(C(C)(C)C)cn2)CC1. The van der Waals surface area contributed by atoms with E-state index in [0.717, 1.165) is 25.9 Å². The Morgan fingerprint density at radius 2 is 2.05 bits per heavy atom. The van der Waals surface area contributed by atoms with Crippen LogP contribution in [-0.4, -0.2) is 33.7 Å². The molecule has 19 heavy (non-hydrogen) atoms. The predicted octanol–water partition coefficient (Wildman–Crippen LogP) is 2.53. The Bertz CT molecular complexity index is 462. The molecule has 1 fully saturated rings. The molecule has 0 unspecified atom stereocenters. The Morgan fingerprint density at radius 3 is 2.53 bits per heavy atom. The second kappa shape index (κ2) is 5.19. The Hall–Kier alpha value is -1.58. The normalized spacial score (nSPS) is 17.5. The largest absolute Gasteiger partial charge is 0.339 e. The van der Waals surface area contributed by atoms with Gasteiger partial charge in [-0.05, 0) is 29.9 Å². The molecule has 0 radical (unpaired) electrons. The van der Waals surface area contributed by atoms with Crippen LogP contribution in [0.3, 0.4) is 0 Å². The molecule has 0 aliphatic carbocycles. The van der Waals surface area contributed by atoms with Gasteiger partial charge >= 0.3 is 0 Å². The van der Waals surface area contributed by atoms with E-state index in [-0.39, 0.29) is 11.3 Å². The van der Waals surface area contributed by atoms with Crippen molar-refractivity contribution in [3.05, 3.63) is 30.6 Å². The molecule has 1 aromatic heterocycles. The third-order valence-corrected chi connectivity index (χ3v) is 3.79. The van der Waals surface area contributed by atoms with Crippen molar-refractivity contribution < 1.29 is 4.79 Å². The molecule has 0 atom stereocenters. The van der Waals surface area contributed by atoms with Crippen molar-refractivity contribution in [1.29, 1.82) is 0 Å². The Labute approximate surface area is 115 Å². The number of hydrogen-bond donors (Lipinski definition) is 0. The maximum atomic E-state index is 11.5. The highest BCUT2D eigenvalue weighted by Crippen LogP contribution is 2.26. The van der Waals surface area contributed by atoms with E-state index in [1.54, 1.807) is 0 Å². The second-order valence-corrected chi connectivity index (χ2v) is 6.22. The van der Waals surface area contributed by atoms with Crippen LogP contribution in [0.15, 0.2) is 25.0 Å². The summed E-state index contributed by atoms with van der Waals surface area (Å²) in [6.07, 6.45) is 7.43. The molecule has 2 rings (SSSR count). The Morgan fingerprint density at radius 1 is 1.42 bits per heavy atom. The number of rotatable bonds is 2. The van der Waals surface area contributed by atoms with Gasteiger partial charge in [0.25, 0.3) is 0 Å². The molecule has 0 N–H and O–H groups in total. The van der Waals surface area contributed by atoms with Crippen LogP contribution in [0.1, 0.15) is 45.2 Å². The Balaban J connectivity index is 2.00. The van der Waals surface area contributed by atoms with Crippen LogP contribution in [0.2, 0.25) is 0 Å². The number of carbonyl (C=O) groups excluding carboxylic acids is 1. The molecule has 1 aliphatic heterocycles. The predicted molar refractivity (Wildman–Crippen MR) is 76.0 cm³/mol. The van der Waals surface area contributed by atoms with Crippen LogP contribution in [0, 0.1) is 0 Å². The van der Waals surface area contributed by atoms with Gasteiger partial charge in [0.1, 0.15) is 0 Å². The van der Waals surface area contributed by atoms with Gasteiger partial charge in [0.2, 0.25) is 5.91 Å². The highest BCUT2D eigenvalue weighted by atomic mass is 16.2. The highest BCUT2D eigenvalue weighted by Gasteiger charge is 2.24. The van der Waals surface area contributed by atoms with E-state index >= 15 is 0 Å². The second-order valence-electron chi connectivity index (χ2n) is 6.22. The monoisotopic (exact) mass is 261 g/mol. The van der Waals surface area contributed by atoms with Crippen molar-refractivity contribution in [2.75, 3.05) is 13.1 Å². The van der Waals surface area contributed by atoms with Gasteiger partial charge < -0.3 is 4.90 Å². The number of amides is 1. The van der Waals surface area contributed by atoms with E-state index in [1.807, 2.05) is 11.1 Å². The molecule has 1 amide bonds. The number of carbonyl (C=O) groups is 1. The standard InChI is InChI=1S/C15H23N3O/c1-5-14(19)17-8-6-13(7-9-17)18-11-12(10-16-18)15(2,3)4/h5,10-11,13H,1,6-9H2,2-4H3. The summed E-state index contributed by atoms with van der Waals surface area (Å²) >= 11 is 0. The lowest BCUT2D eigenvalue weighted by Crippen LogP contribution is -2.38. The van der Waals surface area contributed by atoms with E-state index in [0.29, 0.717) is 6.04 Å². The van der Waals surface area contributed by atoms with Gasteiger partial charge in [-0.1, -0.05) is 27.4 Å². The van der Waals surface area contributed by atoms with Gasteiger partial charge in [-0.2, -0.15) is 5.10 Å². The molecule has 0 bridgehead atoms. The zero-order valence-electron chi connectivity index (χ0n) is 12.1. The molecular formula is C15H23N3O. The Kier molecular flexibility index (Phi) is 3.78. The first-order valence-electron chi connectivity index (χ1n) is 6.88. The number of aromatic nitrogens is 2. The number of nitrogens with zero attached hydrogens (tertiary/aromatic N) is 3. The molecule has 2 heterocycles. The number of piperidine rings is 1. The summed E-state index contributed by atoms with van der Waals surface area (Å²) in [4.78, 5) is 13.4. The molecule has 1 aliphatic rings. The molecule has 4 nitrogen and oxygen atoms in total. The van der Waals surface area contributed by atoms with E-state index in [4.69, 9.17) is 0 Å². The summed E-state index contributed by atoms with van der Waals surface area (Å²) in [5, 5.41) is 4.49. The summed E-state index contributed by atoms with van der Waals surface area (Å²) in [7, 11) is 0. The lowest BCUT2D eigenvalue weighted by atomic mass is 9.90. The molecule has 1 aromatic rings. The molecule has 104 valence electrons. The molecule has 1 saturated heterocycles. The van der Waals surface area contributed by atoms with E-state index < -0.39 is 0 Å². The number of likely N-dealkylation sites (tertiary alicyclic amines) is 1. The summed E-state index contributed by atoms with van der Waals surface area (Å²) in [6, 6.07) is 0.407. The third kappa shape index (κ3) is 3.06. The van der Waals surface area contributed by atoms with E-state index in [9.17, 15) is 4.79 Å². The molecular weight excluding hydrogens is 238 g/mol. The van der Waals surface area contributed by atoms with Crippen molar-refractivity contribution >= 4 is 5.91 Å². The van der Waals surface area contributed by atoms with Crippen LogP contribution in [0.5, 0.6) is 0 Å². The van der Waals surface area contributed by atoms with Crippen molar-refractivity contribution in [3.8, 4) is 0 Å². The van der Waals surface area contributed by atoms with Gasteiger partial charge in [0.15, 0.2) is 0 Å². The van der Waals surface area contributed by atoms with Crippen LogP contribution in [0.4, 0.5) is 0 Å². The van der Waals surface area contributed by atoms with Gasteiger partial charge in [-0.15, -0.1) is 0 Å². The van der Waals surface area contributed by atoms with Crippen molar-refractivity contribution in [1.82, 2.24) is 14.7 Å². The smallest absolute Gasteiger partial charge is 0.245 e. The fraction of sp³-hybridized carbons (Fsp3) is 0.600. The minimum Gasteiger partial charge on any atom is -0.339 e. The first-order chi connectivity index (χ1) is 8.91. The zero-order chi connectivity index (χ0) is 14.0. The molecule has 0 spiro atoms. The number of hydrogen-bond acceptors (Lipinski definition) is 2. The molecule has 0 saturated carbocycles. The topological polar surface area (TPSA) is 38.1 Å². The maximum absolute atomic E-state index is 11.5. The van der Waals surface area contributed by atoms with Crippen molar-refractivity contribution in [2.24, 2.45) is 0 Å². The van der Waals surface area contributed by atoms with Gasteiger partial charge in [0, 0.05) is 19.3 Å². The highest BCUT2D eigenvalue weighted by molar-refractivity contribution is 5.87. The van der Waals surface area contributed by atoms with Gasteiger partial charge in [0.05, 0.1) is 12.2 Å². The zero-order valence-corrected chi connectivity index (χ0v) is 12.1. The van der Waals surface area contributed by atoms with E-state index in [1.165, 1.54) is 11.6 Å². The van der Waals surface area contributed by atoms with E-state index in [2.05, 4.69) is 43.3 Å². The summed E-state index contributed by atoms with van der Waals surface area (Å²) in [5.74, 6) is 0.0364. The minimum absolute atomic E-state index is 0.0364. The summed E-state index contributed by atoms with van der Waals surface area (Å²) in [6.45, 7) is 11.7. The van der Waals surface area contributed by atoms with Crippen molar-refractivity contribution in [3.63, 3.8) is 0 Å². The van der Waals surface area contributed by atoms with Crippen LogP contribution < -0.4 is 0 Å². The fourth-order valence-electron chi connectivity index (χ4n) is 2.40. The average molecular weight is 261 g/mol. The first-order valence-corrected chi connectivity index (χ1v) is 6.88. The fourth-order valence-corrected chi connectivity index (χ4v) is 2.40. The first kappa shape index (κ1) is 13.8. The third-order valence-electron chi connectivity index (χ3n) is 3.79. The lowest BCUT2D eigenvalue weighted by Gasteiger charge is -2.31. The van der Waals surface area contributed by atoms with Crippen molar-refractivity contribution in [2.45, 2.75) is 45.1 Å². The van der Waals surface area contributed by atoms with Gasteiger partial charge in [-0.3, -0.25) is 9.48 Å². The molecule has 0 aromatic carbocycles. The van der Waals surface area contributed by atoms with Crippen LogP contribution >= 0.6 is 0 Å². The summed E-state index contributed by atoms with van der Waals surface area (Å²) in [5.41, 5.74) is 1.40. The summed E-state index contributed by atoms with van der Waals surface area (Å²) < 4.78 is 2.07. The minimum atomic E-state index is 0.0364. The quantitative estimate of drug-likeness (QED) is 0.767. The van der Waals surface area contributed by atoms with Crippen LogP contribution in [0.25, 0.3) is 0 Å². The van der Waals surface area contributed by atoms with Gasteiger partial charge in [-0.25, -0.2) is 0 Å².